The number of nitrogens with zero attached hydrogens (tertiary/aromatic N) is 5. The smallest absolute Gasteiger partial charge is 0.270 e. The van der Waals surface area contributed by atoms with E-state index in [1.165, 1.54) is 18.7 Å². The molecule has 0 bridgehead atoms. The van der Waals surface area contributed by atoms with Crippen LogP contribution in [0.5, 0.6) is 0 Å². The fourth-order valence-corrected chi connectivity index (χ4v) is 3.46. The summed E-state index contributed by atoms with van der Waals surface area (Å²) in [6.07, 6.45) is 4.91. The van der Waals surface area contributed by atoms with Crippen LogP contribution in [-0.4, -0.2) is 49.7 Å². The van der Waals surface area contributed by atoms with Gasteiger partial charge in [-0.1, -0.05) is 24.3 Å². The van der Waals surface area contributed by atoms with Crippen LogP contribution in [0, 0.1) is 5.82 Å². The van der Waals surface area contributed by atoms with Gasteiger partial charge >= 0.3 is 0 Å². The minimum atomic E-state index is -0.215. The highest BCUT2D eigenvalue weighted by molar-refractivity contribution is 5.92. The first-order valence-electron chi connectivity index (χ1n) is 9.28. The zero-order valence-electron chi connectivity index (χ0n) is 15.3. The van der Waals surface area contributed by atoms with Gasteiger partial charge in [-0.15, -0.1) is 10.2 Å². The average molecular weight is 380 g/mol. The quantitative estimate of drug-likeness (QED) is 0.734. The molecule has 3 heterocycles. The van der Waals surface area contributed by atoms with Crippen LogP contribution < -0.4 is 5.32 Å². The molecule has 1 aliphatic rings. The molecule has 8 heteroatoms. The molecule has 1 fully saturated rings. The zero-order valence-corrected chi connectivity index (χ0v) is 15.3. The number of amides is 1. The van der Waals surface area contributed by atoms with Crippen LogP contribution in [0.25, 0.3) is 5.82 Å². The van der Waals surface area contributed by atoms with Gasteiger partial charge in [0.15, 0.2) is 0 Å². The first kappa shape index (κ1) is 18.2. The molecule has 0 unspecified atom stereocenters. The predicted octanol–water partition coefficient (Wildman–Crippen LogP) is 2.20. The summed E-state index contributed by atoms with van der Waals surface area (Å²) >= 11 is 0. The average Bonchev–Trinajstić information content (AvgIpc) is 3.25. The Bertz CT molecular complexity index is 945. The van der Waals surface area contributed by atoms with Crippen molar-refractivity contribution in [1.29, 1.82) is 0 Å². The van der Waals surface area contributed by atoms with Gasteiger partial charge in [0.1, 0.15) is 30.0 Å². The van der Waals surface area contributed by atoms with Crippen molar-refractivity contribution in [3.05, 3.63) is 72.2 Å². The Hall–Kier alpha value is -3.13. The number of aromatic nitrogens is 4. The number of hydrogen-bond acceptors (Lipinski definition) is 5. The molecule has 1 aliphatic heterocycles. The Morgan fingerprint density at radius 2 is 1.96 bits per heavy atom. The lowest BCUT2D eigenvalue weighted by molar-refractivity contribution is 0.0895. The fourth-order valence-electron chi connectivity index (χ4n) is 3.46. The highest BCUT2D eigenvalue weighted by Gasteiger charge is 2.23. The van der Waals surface area contributed by atoms with Crippen molar-refractivity contribution < 1.29 is 9.18 Å². The van der Waals surface area contributed by atoms with Gasteiger partial charge < -0.3 is 5.32 Å². The van der Waals surface area contributed by atoms with Crippen molar-refractivity contribution in [1.82, 2.24) is 30.0 Å². The molecule has 0 spiro atoms. The summed E-state index contributed by atoms with van der Waals surface area (Å²) in [6, 6.07) is 12.1. The molecule has 3 aromatic rings. The van der Waals surface area contributed by atoms with E-state index in [9.17, 15) is 9.18 Å². The SMILES string of the molecule is O=C(N[C@@H]1CCCN(Cc2ccccc2F)C1)c1cccc(-n2cnnc2)n1. The van der Waals surface area contributed by atoms with Gasteiger partial charge in [-0.3, -0.25) is 14.3 Å². The Morgan fingerprint density at radius 1 is 1.14 bits per heavy atom. The molecule has 0 saturated carbocycles. The predicted molar refractivity (Wildman–Crippen MR) is 101 cm³/mol. The van der Waals surface area contributed by atoms with Crippen molar-refractivity contribution in [2.75, 3.05) is 13.1 Å². The lowest BCUT2D eigenvalue weighted by Crippen LogP contribution is -2.47. The van der Waals surface area contributed by atoms with Crippen molar-refractivity contribution in [3.8, 4) is 5.82 Å². The number of pyridine rings is 1. The number of rotatable bonds is 5. The summed E-state index contributed by atoms with van der Waals surface area (Å²) < 4.78 is 15.6. The first-order chi connectivity index (χ1) is 13.7. The van der Waals surface area contributed by atoms with E-state index >= 15 is 0 Å². The molecule has 1 saturated heterocycles. The lowest BCUT2D eigenvalue weighted by atomic mass is 10.0. The summed E-state index contributed by atoms with van der Waals surface area (Å²) in [5.74, 6) is 0.179. The molecule has 7 nitrogen and oxygen atoms in total. The maximum absolute atomic E-state index is 13.9. The second kappa shape index (κ2) is 8.26. The Labute approximate surface area is 162 Å². The number of carbonyl (C=O) groups is 1. The van der Waals surface area contributed by atoms with Crippen LogP contribution >= 0.6 is 0 Å². The van der Waals surface area contributed by atoms with E-state index in [1.807, 2.05) is 6.07 Å². The normalized spacial score (nSPS) is 17.4. The van der Waals surface area contributed by atoms with Gasteiger partial charge in [0, 0.05) is 24.7 Å². The topological polar surface area (TPSA) is 75.9 Å². The number of likely N-dealkylation sites (tertiary alicyclic amines) is 1. The molecular weight excluding hydrogens is 359 g/mol. The molecule has 1 N–H and O–H groups in total. The Balaban J connectivity index is 1.39. The summed E-state index contributed by atoms with van der Waals surface area (Å²) in [4.78, 5) is 19.2. The Morgan fingerprint density at radius 3 is 2.79 bits per heavy atom. The second-order valence-corrected chi connectivity index (χ2v) is 6.89. The number of piperidine rings is 1. The van der Waals surface area contributed by atoms with E-state index in [0.717, 1.165) is 19.4 Å². The molecular formula is C20H21FN6O. The summed E-state index contributed by atoms with van der Waals surface area (Å²) in [6.45, 7) is 2.12. The number of halogens is 1. The number of carbonyl (C=O) groups excluding carboxylic acids is 1. The molecule has 0 radical (unpaired) electrons. The molecule has 1 aromatic carbocycles. The van der Waals surface area contributed by atoms with Crippen LogP contribution in [0.2, 0.25) is 0 Å². The maximum atomic E-state index is 13.9. The zero-order chi connectivity index (χ0) is 19.3. The van der Waals surface area contributed by atoms with Crippen LogP contribution in [0.1, 0.15) is 28.9 Å². The third-order valence-corrected chi connectivity index (χ3v) is 4.84. The maximum Gasteiger partial charge on any atom is 0.270 e. The standard InChI is InChI=1S/C20H21FN6O/c21-17-7-2-1-5-15(17)11-26-10-4-6-16(12-26)24-20(28)18-8-3-9-19(25-18)27-13-22-23-14-27/h1-3,5,7-9,13-14,16H,4,6,10-12H2,(H,24,28)/t16-/m1/s1. The van der Waals surface area contributed by atoms with Gasteiger partial charge in [0.25, 0.3) is 5.91 Å². The van der Waals surface area contributed by atoms with Gasteiger partial charge in [0.05, 0.1) is 0 Å². The van der Waals surface area contributed by atoms with E-state index in [1.54, 1.807) is 34.9 Å². The van der Waals surface area contributed by atoms with Crippen molar-refractivity contribution in [2.45, 2.75) is 25.4 Å². The number of hydrogen-bond donors (Lipinski definition) is 1. The third kappa shape index (κ3) is 4.23. The lowest BCUT2D eigenvalue weighted by Gasteiger charge is -2.33. The van der Waals surface area contributed by atoms with Crippen molar-refractivity contribution >= 4 is 5.91 Å². The van der Waals surface area contributed by atoms with Crippen LogP contribution in [-0.2, 0) is 6.54 Å². The summed E-state index contributed by atoms with van der Waals surface area (Å²) in [7, 11) is 0. The van der Waals surface area contributed by atoms with Crippen molar-refractivity contribution in [2.24, 2.45) is 0 Å². The van der Waals surface area contributed by atoms with Gasteiger partial charge in [-0.2, -0.15) is 0 Å². The van der Waals surface area contributed by atoms with Crippen molar-refractivity contribution in [3.63, 3.8) is 0 Å². The second-order valence-electron chi connectivity index (χ2n) is 6.89. The fraction of sp³-hybridized carbons (Fsp3) is 0.300. The van der Waals surface area contributed by atoms with E-state index < -0.39 is 0 Å². The highest BCUT2D eigenvalue weighted by atomic mass is 19.1. The summed E-state index contributed by atoms with van der Waals surface area (Å²) in [5, 5.41) is 10.6. The summed E-state index contributed by atoms with van der Waals surface area (Å²) in [5.41, 5.74) is 1.02. The van der Waals surface area contributed by atoms with Gasteiger partial charge in [-0.05, 0) is 37.6 Å². The van der Waals surface area contributed by atoms with E-state index in [-0.39, 0.29) is 17.8 Å². The van der Waals surface area contributed by atoms with Gasteiger partial charge in [0.2, 0.25) is 0 Å². The van der Waals surface area contributed by atoms with E-state index in [2.05, 4.69) is 25.4 Å². The molecule has 2 aromatic heterocycles. The minimum absolute atomic E-state index is 0.00777. The molecule has 0 aliphatic carbocycles. The molecule has 28 heavy (non-hydrogen) atoms. The van der Waals surface area contributed by atoms with E-state index in [0.29, 0.717) is 30.2 Å². The first-order valence-corrected chi connectivity index (χ1v) is 9.28. The largest absolute Gasteiger partial charge is 0.347 e. The molecule has 4 rings (SSSR count). The van der Waals surface area contributed by atoms with Crippen LogP contribution in [0.4, 0.5) is 4.39 Å². The van der Waals surface area contributed by atoms with Crippen LogP contribution in [0.3, 0.4) is 0 Å². The third-order valence-electron chi connectivity index (χ3n) is 4.84. The van der Waals surface area contributed by atoms with Crippen LogP contribution in [0.15, 0.2) is 55.1 Å². The highest BCUT2D eigenvalue weighted by Crippen LogP contribution is 2.16. The monoisotopic (exact) mass is 380 g/mol. The van der Waals surface area contributed by atoms with E-state index in [4.69, 9.17) is 0 Å². The molecule has 144 valence electrons. The number of nitrogens with one attached hydrogen (secondary N) is 1. The number of benzene rings is 1. The minimum Gasteiger partial charge on any atom is -0.347 e. The molecule has 1 amide bonds. The van der Waals surface area contributed by atoms with Gasteiger partial charge in [-0.25, -0.2) is 9.37 Å². The Kier molecular flexibility index (Phi) is 5.38. The molecule has 1 atom stereocenters.